The van der Waals surface area contributed by atoms with Crippen molar-refractivity contribution in [2.75, 3.05) is 13.7 Å². The molecule has 1 fully saturated rings. The molecular formula is C11H21NO2. The van der Waals surface area contributed by atoms with E-state index in [9.17, 15) is 4.79 Å². The summed E-state index contributed by atoms with van der Waals surface area (Å²) < 4.78 is 4.71. The van der Waals surface area contributed by atoms with Crippen LogP contribution in [0.2, 0.25) is 0 Å². The minimum absolute atomic E-state index is 0.128. The van der Waals surface area contributed by atoms with Gasteiger partial charge in [-0.2, -0.15) is 0 Å². The lowest BCUT2D eigenvalue weighted by Gasteiger charge is -2.14. The summed E-state index contributed by atoms with van der Waals surface area (Å²) in [6, 6.07) is -0.128. The van der Waals surface area contributed by atoms with Crippen molar-refractivity contribution in [2.24, 2.45) is 11.3 Å². The molecule has 0 saturated heterocycles. The summed E-state index contributed by atoms with van der Waals surface area (Å²) in [5.74, 6) is 0.576. The second-order valence-corrected chi connectivity index (χ2v) is 4.78. The maximum absolute atomic E-state index is 11.3. The van der Waals surface area contributed by atoms with E-state index in [4.69, 9.17) is 4.74 Å². The molecule has 2 atom stereocenters. The van der Waals surface area contributed by atoms with Crippen LogP contribution >= 0.6 is 0 Å². The van der Waals surface area contributed by atoms with Crippen molar-refractivity contribution < 1.29 is 9.53 Å². The third kappa shape index (κ3) is 2.71. The van der Waals surface area contributed by atoms with Crippen molar-refractivity contribution in [3.63, 3.8) is 0 Å². The Morgan fingerprint density at radius 1 is 1.64 bits per heavy atom. The molecule has 0 aromatic carbocycles. The lowest BCUT2D eigenvalue weighted by molar-refractivity contribution is -0.143. The van der Waals surface area contributed by atoms with Crippen molar-refractivity contribution in [2.45, 2.75) is 39.7 Å². The SMILES string of the molecule is CCC(NCC1CC1(C)C)C(=O)OC. The highest BCUT2D eigenvalue weighted by Gasteiger charge is 2.45. The van der Waals surface area contributed by atoms with Crippen LogP contribution < -0.4 is 5.32 Å². The number of carbonyl (C=O) groups excluding carboxylic acids is 1. The molecule has 0 bridgehead atoms. The zero-order valence-electron chi connectivity index (χ0n) is 9.59. The summed E-state index contributed by atoms with van der Waals surface area (Å²) in [6.45, 7) is 7.45. The predicted molar refractivity (Wildman–Crippen MR) is 56.0 cm³/mol. The molecule has 0 heterocycles. The van der Waals surface area contributed by atoms with E-state index >= 15 is 0 Å². The Balaban J connectivity index is 2.25. The molecule has 0 aromatic rings. The zero-order chi connectivity index (χ0) is 10.8. The van der Waals surface area contributed by atoms with E-state index in [1.807, 2.05) is 6.92 Å². The molecule has 0 aromatic heterocycles. The van der Waals surface area contributed by atoms with Gasteiger partial charge < -0.3 is 10.1 Å². The Labute approximate surface area is 86.2 Å². The largest absolute Gasteiger partial charge is 0.468 e. The summed E-state index contributed by atoms with van der Waals surface area (Å²) in [7, 11) is 1.44. The second-order valence-electron chi connectivity index (χ2n) is 4.78. The van der Waals surface area contributed by atoms with Gasteiger partial charge in [-0.15, -0.1) is 0 Å². The Bertz CT molecular complexity index is 213. The summed E-state index contributed by atoms with van der Waals surface area (Å²) in [4.78, 5) is 11.3. The number of carbonyl (C=O) groups is 1. The van der Waals surface area contributed by atoms with E-state index in [1.165, 1.54) is 13.5 Å². The third-order valence-electron chi connectivity index (χ3n) is 3.22. The van der Waals surface area contributed by atoms with Crippen molar-refractivity contribution in [1.29, 1.82) is 0 Å². The number of hydrogen-bond donors (Lipinski definition) is 1. The van der Waals surface area contributed by atoms with Crippen LogP contribution in [0, 0.1) is 11.3 Å². The van der Waals surface area contributed by atoms with Crippen molar-refractivity contribution in [1.82, 2.24) is 5.32 Å². The highest BCUT2D eigenvalue weighted by Crippen LogP contribution is 2.51. The summed E-state index contributed by atoms with van der Waals surface area (Å²) in [6.07, 6.45) is 2.05. The Morgan fingerprint density at radius 2 is 2.21 bits per heavy atom. The average molecular weight is 199 g/mol. The van der Waals surface area contributed by atoms with Gasteiger partial charge in [0, 0.05) is 0 Å². The van der Waals surface area contributed by atoms with E-state index in [1.54, 1.807) is 0 Å². The van der Waals surface area contributed by atoms with Crippen LogP contribution in [0.1, 0.15) is 33.6 Å². The lowest BCUT2D eigenvalue weighted by Crippen LogP contribution is -2.38. The molecule has 82 valence electrons. The summed E-state index contributed by atoms with van der Waals surface area (Å²) in [5.41, 5.74) is 0.474. The molecule has 14 heavy (non-hydrogen) atoms. The Morgan fingerprint density at radius 3 is 2.57 bits per heavy atom. The van der Waals surface area contributed by atoms with Crippen LogP contribution in [0.3, 0.4) is 0 Å². The normalized spacial score (nSPS) is 25.6. The van der Waals surface area contributed by atoms with Crippen molar-refractivity contribution in [3.05, 3.63) is 0 Å². The fourth-order valence-electron chi connectivity index (χ4n) is 1.75. The highest BCUT2D eigenvalue weighted by molar-refractivity contribution is 5.75. The molecule has 0 aliphatic heterocycles. The molecule has 1 N–H and O–H groups in total. The Kier molecular flexibility index (Phi) is 3.53. The second kappa shape index (κ2) is 4.30. The number of methoxy groups -OCH3 is 1. The van der Waals surface area contributed by atoms with Crippen molar-refractivity contribution in [3.8, 4) is 0 Å². The Hall–Kier alpha value is -0.570. The van der Waals surface area contributed by atoms with Gasteiger partial charge in [-0.25, -0.2) is 0 Å². The molecule has 0 spiro atoms. The quantitative estimate of drug-likeness (QED) is 0.683. The number of ether oxygens (including phenoxy) is 1. The van der Waals surface area contributed by atoms with Gasteiger partial charge in [-0.05, 0) is 30.7 Å². The molecule has 0 amide bonds. The van der Waals surface area contributed by atoms with E-state index in [0.29, 0.717) is 5.41 Å². The minimum Gasteiger partial charge on any atom is -0.468 e. The summed E-state index contributed by atoms with van der Waals surface area (Å²) >= 11 is 0. The summed E-state index contributed by atoms with van der Waals surface area (Å²) in [5, 5.41) is 3.26. The van der Waals surface area contributed by atoms with E-state index in [2.05, 4.69) is 19.2 Å². The lowest BCUT2D eigenvalue weighted by atomic mass is 10.1. The molecule has 1 rings (SSSR count). The predicted octanol–water partition coefficient (Wildman–Crippen LogP) is 1.57. The molecular weight excluding hydrogens is 178 g/mol. The van der Waals surface area contributed by atoms with E-state index < -0.39 is 0 Å². The maximum atomic E-state index is 11.3. The zero-order valence-corrected chi connectivity index (χ0v) is 9.59. The van der Waals surface area contributed by atoms with E-state index in [0.717, 1.165) is 18.9 Å². The monoisotopic (exact) mass is 199 g/mol. The molecule has 1 saturated carbocycles. The topological polar surface area (TPSA) is 38.3 Å². The molecule has 3 heteroatoms. The smallest absolute Gasteiger partial charge is 0.322 e. The van der Waals surface area contributed by atoms with Crippen LogP contribution in [0.4, 0.5) is 0 Å². The number of nitrogens with one attached hydrogen (secondary N) is 1. The standard InChI is InChI=1S/C11H21NO2/c1-5-9(10(13)14-4)12-7-8-6-11(8,2)3/h8-9,12H,5-7H2,1-4H3. The first kappa shape index (κ1) is 11.5. The fourth-order valence-corrected chi connectivity index (χ4v) is 1.75. The first-order chi connectivity index (χ1) is 6.51. The van der Waals surface area contributed by atoms with Crippen LogP contribution in [0.5, 0.6) is 0 Å². The highest BCUT2D eigenvalue weighted by atomic mass is 16.5. The van der Waals surface area contributed by atoms with Crippen LogP contribution in [0.15, 0.2) is 0 Å². The van der Waals surface area contributed by atoms with E-state index in [-0.39, 0.29) is 12.0 Å². The first-order valence-electron chi connectivity index (χ1n) is 5.32. The number of hydrogen-bond acceptors (Lipinski definition) is 3. The maximum Gasteiger partial charge on any atom is 0.322 e. The van der Waals surface area contributed by atoms with Gasteiger partial charge in [0.05, 0.1) is 7.11 Å². The number of esters is 1. The van der Waals surface area contributed by atoms with Gasteiger partial charge in [0.25, 0.3) is 0 Å². The van der Waals surface area contributed by atoms with Crippen molar-refractivity contribution >= 4 is 5.97 Å². The van der Waals surface area contributed by atoms with Gasteiger partial charge in [-0.3, -0.25) is 4.79 Å². The van der Waals surface area contributed by atoms with Gasteiger partial charge in [0.1, 0.15) is 6.04 Å². The van der Waals surface area contributed by atoms with Gasteiger partial charge in [0.15, 0.2) is 0 Å². The molecule has 0 radical (unpaired) electrons. The van der Waals surface area contributed by atoms with Crippen LogP contribution in [-0.2, 0) is 9.53 Å². The first-order valence-corrected chi connectivity index (χ1v) is 5.32. The molecule has 3 nitrogen and oxygen atoms in total. The third-order valence-corrected chi connectivity index (χ3v) is 3.22. The van der Waals surface area contributed by atoms with Crippen LogP contribution in [0.25, 0.3) is 0 Å². The van der Waals surface area contributed by atoms with Gasteiger partial charge in [-0.1, -0.05) is 20.8 Å². The van der Waals surface area contributed by atoms with Gasteiger partial charge >= 0.3 is 5.97 Å². The van der Waals surface area contributed by atoms with Gasteiger partial charge in [0.2, 0.25) is 0 Å². The fraction of sp³-hybridized carbons (Fsp3) is 0.909. The van der Waals surface area contributed by atoms with Crippen LogP contribution in [-0.4, -0.2) is 25.7 Å². The molecule has 1 aliphatic carbocycles. The molecule has 1 aliphatic rings. The molecule has 2 unspecified atom stereocenters. The average Bonchev–Trinajstić information content (AvgIpc) is 2.74. The number of rotatable bonds is 5. The minimum atomic E-state index is -0.147.